The number of unbranched alkanes of at least 4 members (excludes halogenated alkanes) is 7. The van der Waals surface area contributed by atoms with E-state index in [-0.39, 0.29) is 17.9 Å². The van der Waals surface area contributed by atoms with Crippen molar-refractivity contribution in [3.63, 3.8) is 0 Å². The van der Waals surface area contributed by atoms with E-state index in [0.29, 0.717) is 24.2 Å². The topological polar surface area (TPSA) is 52.6 Å². The summed E-state index contributed by atoms with van der Waals surface area (Å²) in [6.07, 6.45) is 11.1. The van der Waals surface area contributed by atoms with Crippen LogP contribution in [-0.2, 0) is 19.1 Å². The lowest BCUT2D eigenvalue weighted by atomic mass is 9.74. The van der Waals surface area contributed by atoms with E-state index in [1.807, 2.05) is 0 Å². The molecule has 0 radical (unpaired) electrons. The normalized spacial score (nSPS) is 13.7. The molecule has 0 aliphatic carbocycles. The largest absolute Gasteiger partial charge is 0.469 e. The van der Waals surface area contributed by atoms with Crippen LogP contribution in [0.15, 0.2) is 0 Å². The van der Waals surface area contributed by atoms with Crippen LogP contribution in [0, 0.1) is 23.7 Å². The number of carbonyl (C=O) groups is 2. The van der Waals surface area contributed by atoms with Crippen molar-refractivity contribution in [1.82, 2.24) is 0 Å². The minimum Gasteiger partial charge on any atom is -0.469 e. The summed E-state index contributed by atoms with van der Waals surface area (Å²) in [4.78, 5) is 23.2. The molecule has 4 nitrogen and oxygen atoms in total. The van der Waals surface area contributed by atoms with Gasteiger partial charge in [0, 0.05) is 6.42 Å². The molecule has 0 heterocycles. The molecule has 0 bridgehead atoms. The van der Waals surface area contributed by atoms with Crippen molar-refractivity contribution < 1.29 is 19.1 Å². The standard InChI is InChI=1S/C22H42O4/c1-17(2)19(21(18(3)4)22(24)26-6)15-13-11-9-7-8-10-12-14-16-20(23)25-5/h17-19,21H,7-16H2,1-6H3. The molecule has 0 aromatic carbocycles. The maximum Gasteiger partial charge on any atom is 0.309 e. The second kappa shape index (κ2) is 15.0. The highest BCUT2D eigenvalue weighted by Gasteiger charge is 2.33. The summed E-state index contributed by atoms with van der Waals surface area (Å²) in [5, 5.41) is 0. The fourth-order valence-electron chi connectivity index (χ4n) is 3.82. The van der Waals surface area contributed by atoms with Gasteiger partial charge < -0.3 is 9.47 Å². The zero-order valence-corrected chi connectivity index (χ0v) is 18.0. The Labute approximate surface area is 161 Å². The first-order valence-corrected chi connectivity index (χ1v) is 10.5. The van der Waals surface area contributed by atoms with E-state index in [4.69, 9.17) is 4.74 Å². The van der Waals surface area contributed by atoms with E-state index >= 15 is 0 Å². The Morgan fingerprint density at radius 3 is 1.62 bits per heavy atom. The Morgan fingerprint density at radius 2 is 1.19 bits per heavy atom. The highest BCUT2D eigenvalue weighted by atomic mass is 16.5. The van der Waals surface area contributed by atoms with Crippen molar-refractivity contribution in [1.29, 1.82) is 0 Å². The third kappa shape index (κ3) is 10.8. The average Bonchev–Trinajstić information content (AvgIpc) is 2.60. The summed E-state index contributed by atoms with van der Waals surface area (Å²) < 4.78 is 9.69. The summed E-state index contributed by atoms with van der Waals surface area (Å²) in [7, 11) is 2.95. The molecule has 0 saturated heterocycles. The molecule has 2 unspecified atom stereocenters. The lowest BCUT2D eigenvalue weighted by Gasteiger charge is -2.31. The molecule has 0 aliphatic heterocycles. The molecule has 0 N–H and O–H groups in total. The summed E-state index contributed by atoms with van der Waals surface area (Å²) >= 11 is 0. The average molecular weight is 371 g/mol. The van der Waals surface area contributed by atoms with Gasteiger partial charge in [-0.05, 0) is 30.6 Å². The lowest BCUT2D eigenvalue weighted by Crippen LogP contribution is -2.32. The van der Waals surface area contributed by atoms with E-state index in [0.717, 1.165) is 19.3 Å². The molecule has 0 aromatic heterocycles. The van der Waals surface area contributed by atoms with E-state index < -0.39 is 0 Å². The third-order valence-corrected chi connectivity index (χ3v) is 5.41. The Balaban J connectivity index is 3.94. The smallest absolute Gasteiger partial charge is 0.309 e. The molecule has 0 spiro atoms. The van der Waals surface area contributed by atoms with Crippen LogP contribution in [0.4, 0.5) is 0 Å². The van der Waals surface area contributed by atoms with Crippen molar-refractivity contribution in [2.75, 3.05) is 14.2 Å². The Morgan fingerprint density at radius 1 is 0.692 bits per heavy atom. The van der Waals surface area contributed by atoms with Crippen LogP contribution >= 0.6 is 0 Å². The van der Waals surface area contributed by atoms with E-state index in [9.17, 15) is 9.59 Å². The van der Waals surface area contributed by atoms with Gasteiger partial charge in [0.2, 0.25) is 0 Å². The summed E-state index contributed by atoms with van der Waals surface area (Å²) in [5.74, 6) is 1.08. The predicted molar refractivity (Wildman–Crippen MR) is 107 cm³/mol. The summed E-state index contributed by atoms with van der Waals surface area (Å²) in [6, 6.07) is 0. The molecule has 0 saturated carbocycles. The maximum absolute atomic E-state index is 12.2. The second-order valence-electron chi connectivity index (χ2n) is 8.14. The number of methoxy groups -OCH3 is 2. The molecular weight excluding hydrogens is 328 g/mol. The fraction of sp³-hybridized carbons (Fsp3) is 0.909. The first-order chi connectivity index (χ1) is 12.3. The van der Waals surface area contributed by atoms with Gasteiger partial charge in [-0.1, -0.05) is 72.6 Å². The van der Waals surface area contributed by atoms with Crippen molar-refractivity contribution in [2.24, 2.45) is 23.7 Å². The lowest BCUT2D eigenvalue weighted by molar-refractivity contribution is -0.150. The number of esters is 2. The van der Waals surface area contributed by atoms with Crippen LogP contribution in [0.25, 0.3) is 0 Å². The van der Waals surface area contributed by atoms with Gasteiger partial charge in [0.05, 0.1) is 20.1 Å². The first-order valence-electron chi connectivity index (χ1n) is 10.5. The first kappa shape index (κ1) is 24.9. The Kier molecular flexibility index (Phi) is 14.4. The van der Waals surface area contributed by atoms with Gasteiger partial charge in [-0.15, -0.1) is 0 Å². The van der Waals surface area contributed by atoms with Crippen molar-refractivity contribution in [3.8, 4) is 0 Å². The maximum atomic E-state index is 12.2. The van der Waals surface area contributed by atoms with E-state index in [1.54, 1.807) is 0 Å². The van der Waals surface area contributed by atoms with E-state index in [1.165, 1.54) is 52.7 Å². The van der Waals surface area contributed by atoms with Gasteiger partial charge in [0.15, 0.2) is 0 Å². The molecule has 0 aliphatic rings. The molecule has 4 heteroatoms. The third-order valence-electron chi connectivity index (χ3n) is 5.41. The minimum atomic E-state index is -0.101. The zero-order chi connectivity index (χ0) is 19.9. The van der Waals surface area contributed by atoms with Crippen molar-refractivity contribution in [3.05, 3.63) is 0 Å². The molecule has 0 rings (SSSR count). The van der Waals surface area contributed by atoms with E-state index in [2.05, 4.69) is 32.4 Å². The van der Waals surface area contributed by atoms with Gasteiger partial charge in [-0.2, -0.15) is 0 Å². The molecular formula is C22H42O4. The predicted octanol–water partition coefficient (Wildman–Crippen LogP) is 5.78. The zero-order valence-electron chi connectivity index (χ0n) is 18.0. The fourth-order valence-corrected chi connectivity index (χ4v) is 3.82. The van der Waals surface area contributed by atoms with Crippen molar-refractivity contribution in [2.45, 2.75) is 91.9 Å². The van der Waals surface area contributed by atoms with Gasteiger partial charge in [-0.25, -0.2) is 0 Å². The number of ether oxygens (including phenoxy) is 2. The Bertz CT molecular complexity index is 376. The quantitative estimate of drug-likeness (QED) is 0.271. The second-order valence-corrected chi connectivity index (χ2v) is 8.14. The highest BCUT2D eigenvalue weighted by molar-refractivity contribution is 5.73. The van der Waals surface area contributed by atoms with Crippen LogP contribution in [0.2, 0.25) is 0 Å². The van der Waals surface area contributed by atoms with Crippen LogP contribution in [0.3, 0.4) is 0 Å². The van der Waals surface area contributed by atoms with Gasteiger partial charge in [0.1, 0.15) is 0 Å². The monoisotopic (exact) mass is 370 g/mol. The minimum absolute atomic E-state index is 0.00908. The highest BCUT2D eigenvalue weighted by Crippen LogP contribution is 2.33. The number of rotatable bonds is 15. The van der Waals surface area contributed by atoms with Crippen LogP contribution in [0.1, 0.15) is 91.9 Å². The molecule has 2 atom stereocenters. The van der Waals surface area contributed by atoms with Gasteiger partial charge in [-0.3, -0.25) is 9.59 Å². The SMILES string of the molecule is COC(=O)CCCCCCCCCCC(C(C)C)C(C(=O)OC)C(C)C. The van der Waals surface area contributed by atoms with Crippen LogP contribution in [0.5, 0.6) is 0 Å². The molecule has 0 aromatic rings. The summed E-state index contributed by atoms with van der Waals surface area (Å²) in [6.45, 7) is 8.68. The summed E-state index contributed by atoms with van der Waals surface area (Å²) in [5.41, 5.74) is 0. The molecule has 0 amide bonds. The van der Waals surface area contributed by atoms with Gasteiger partial charge >= 0.3 is 11.9 Å². The number of hydrogen-bond acceptors (Lipinski definition) is 4. The number of carbonyl (C=O) groups excluding carboxylic acids is 2. The van der Waals surface area contributed by atoms with Crippen molar-refractivity contribution >= 4 is 11.9 Å². The molecule has 0 fully saturated rings. The van der Waals surface area contributed by atoms with Gasteiger partial charge in [0.25, 0.3) is 0 Å². The Hall–Kier alpha value is -1.06. The molecule has 26 heavy (non-hydrogen) atoms. The van der Waals surface area contributed by atoms with Crippen LogP contribution in [-0.4, -0.2) is 26.2 Å². The van der Waals surface area contributed by atoms with Crippen LogP contribution < -0.4 is 0 Å². The number of hydrogen-bond donors (Lipinski definition) is 0. The molecule has 154 valence electrons.